The number of rotatable bonds is 5. The van der Waals surface area contributed by atoms with Crippen molar-refractivity contribution in [2.24, 2.45) is 5.92 Å². The molecule has 0 saturated carbocycles. The second-order valence-corrected chi connectivity index (χ2v) is 8.76. The first kappa shape index (κ1) is 18.3. The van der Waals surface area contributed by atoms with Crippen LogP contribution in [0.15, 0.2) is 28.0 Å². The van der Waals surface area contributed by atoms with Gasteiger partial charge in [-0.3, -0.25) is 4.79 Å². The van der Waals surface area contributed by atoms with Crippen LogP contribution in [0.1, 0.15) is 33.1 Å². The second-order valence-electron chi connectivity index (χ2n) is 5.97. The van der Waals surface area contributed by atoms with Gasteiger partial charge in [-0.15, -0.1) is 11.8 Å². The summed E-state index contributed by atoms with van der Waals surface area (Å²) in [5.41, 5.74) is 0.564. The van der Waals surface area contributed by atoms with Crippen LogP contribution in [0.25, 0.3) is 0 Å². The van der Waals surface area contributed by atoms with Crippen molar-refractivity contribution in [2.75, 3.05) is 24.7 Å². The number of hydrogen-bond donors (Lipinski definition) is 1. The van der Waals surface area contributed by atoms with Crippen LogP contribution in [-0.2, 0) is 14.8 Å². The maximum atomic E-state index is 12.8. The van der Waals surface area contributed by atoms with E-state index in [0.717, 1.165) is 24.2 Å². The lowest BCUT2D eigenvalue weighted by Crippen LogP contribution is -2.35. The molecule has 2 rings (SSSR count). The van der Waals surface area contributed by atoms with Crippen LogP contribution in [0, 0.1) is 5.92 Å². The van der Waals surface area contributed by atoms with Gasteiger partial charge in [0, 0.05) is 23.9 Å². The summed E-state index contributed by atoms with van der Waals surface area (Å²) in [5.74, 6) is -0.278. The summed E-state index contributed by atoms with van der Waals surface area (Å²) in [5, 5.41) is 2.83. The van der Waals surface area contributed by atoms with Crippen molar-refractivity contribution >= 4 is 33.4 Å². The fourth-order valence-corrected chi connectivity index (χ4v) is 4.55. The lowest BCUT2D eigenvalue weighted by Gasteiger charge is -2.26. The molecule has 0 aliphatic carbocycles. The van der Waals surface area contributed by atoms with Gasteiger partial charge in [0.05, 0.1) is 10.6 Å². The highest BCUT2D eigenvalue weighted by molar-refractivity contribution is 7.98. The van der Waals surface area contributed by atoms with Gasteiger partial charge in [-0.2, -0.15) is 4.31 Å². The number of thioether (sulfide) groups is 1. The number of carbonyl (C=O) groups excluding carboxylic acids is 1. The van der Waals surface area contributed by atoms with E-state index in [4.69, 9.17) is 0 Å². The number of nitrogens with zero attached hydrogens (tertiary/aromatic N) is 1. The molecular formula is C16H24N2O3S2. The maximum absolute atomic E-state index is 12.8. The summed E-state index contributed by atoms with van der Waals surface area (Å²) in [4.78, 5) is 13.1. The van der Waals surface area contributed by atoms with Gasteiger partial charge in [0.1, 0.15) is 0 Å². The average Bonchev–Trinajstić information content (AvgIpc) is 2.55. The zero-order chi connectivity index (χ0) is 17.0. The van der Waals surface area contributed by atoms with E-state index in [1.54, 1.807) is 22.5 Å². The van der Waals surface area contributed by atoms with Crippen LogP contribution in [-0.4, -0.2) is 38.0 Å². The summed E-state index contributed by atoms with van der Waals surface area (Å²) in [6.07, 6.45) is 4.78. The summed E-state index contributed by atoms with van der Waals surface area (Å²) < 4.78 is 27.1. The lowest BCUT2D eigenvalue weighted by atomic mass is 10.2. The molecule has 0 unspecified atom stereocenters. The molecule has 1 aliphatic heterocycles. The Morgan fingerprint density at radius 1 is 1.22 bits per heavy atom. The SMILES string of the molecule is CSc1ccc(S(=O)(=O)N2CCCCC2)cc1NC(=O)C(C)C. The predicted octanol–water partition coefficient (Wildman–Crippen LogP) is 3.18. The Morgan fingerprint density at radius 2 is 1.87 bits per heavy atom. The van der Waals surface area contributed by atoms with Crippen LogP contribution in [0.5, 0.6) is 0 Å². The first-order valence-corrected chi connectivity index (χ1v) is 10.5. The minimum Gasteiger partial charge on any atom is -0.325 e. The smallest absolute Gasteiger partial charge is 0.243 e. The largest absolute Gasteiger partial charge is 0.325 e. The molecule has 1 aromatic carbocycles. The Kier molecular flexibility index (Phi) is 6.11. The monoisotopic (exact) mass is 356 g/mol. The number of piperidine rings is 1. The van der Waals surface area contributed by atoms with Gasteiger partial charge in [0.2, 0.25) is 15.9 Å². The van der Waals surface area contributed by atoms with Gasteiger partial charge in [0.15, 0.2) is 0 Å². The molecule has 1 fully saturated rings. The van der Waals surface area contributed by atoms with Gasteiger partial charge in [-0.25, -0.2) is 8.42 Å². The minimum absolute atomic E-state index is 0.118. The van der Waals surface area contributed by atoms with E-state index in [1.165, 1.54) is 11.8 Å². The Bertz CT molecular complexity index is 666. The molecule has 0 aromatic heterocycles. The first-order valence-electron chi connectivity index (χ1n) is 7.85. The molecule has 1 saturated heterocycles. The molecule has 1 aliphatic rings. The highest BCUT2D eigenvalue weighted by Crippen LogP contribution is 2.30. The number of nitrogens with one attached hydrogen (secondary N) is 1. The zero-order valence-electron chi connectivity index (χ0n) is 13.8. The summed E-state index contributed by atoms with van der Waals surface area (Å²) in [7, 11) is -3.49. The number of anilines is 1. The minimum atomic E-state index is -3.49. The Labute approximate surface area is 142 Å². The molecule has 23 heavy (non-hydrogen) atoms. The van der Waals surface area contributed by atoms with Crippen molar-refractivity contribution in [1.29, 1.82) is 0 Å². The van der Waals surface area contributed by atoms with Crippen molar-refractivity contribution in [3.8, 4) is 0 Å². The van der Waals surface area contributed by atoms with Crippen LogP contribution in [0.3, 0.4) is 0 Å². The molecule has 1 aromatic rings. The Balaban J connectivity index is 2.34. The van der Waals surface area contributed by atoms with Crippen LogP contribution < -0.4 is 5.32 Å². The van der Waals surface area contributed by atoms with Crippen LogP contribution in [0.4, 0.5) is 5.69 Å². The number of carbonyl (C=O) groups is 1. The molecule has 1 amide bonds. The number of benzene rings is 1. The number of hydrogen-bond acceptors (Lipinski definition) is 4. The van der Waals surface area contributed by atoms with Crippen LogP contribution in [0.2, 0.25) is 0 Å². The van der Waals surface area contributed by atoms with E-state index < -0.39 is 10.0 Å². The summed E-state index contributed by atoms with van der Waals surface area (Å²) in [6, 6.07) is 4.97. The normalized spacial score (nSPS) is 16.5. The van der Waals surface area contributed by atoms with Gasteiger partial charge in [-0.05, 0) is 37.3 Å². The lowest BCUT2D eigenvalue weighted by molar-refractivity contribution is -0.118. The maximum Gasteiger partial charge on any atom is 0.243 e. The Hall–Kier alpha value is -1.05. The molecule has 0 atom stereocenters. The van der Waals surface area contributed by atoms with Crippen molar-refractivity contribution in [3.05, 3.63) is 18.2 Å². The molecule has 7 heteroatoms. The second kappa shape index (κ2) is 7.68. The predicted molar refractivity (Wildman–Crippen MR) is 94.3 cm³/mol. The quantitative estimate of drug-likeness (QED) is 0.823. The number of sulfonamides is 1. The van der Waals surface area contributed by atoms with Crippen molar-refractivity contribution in [3.63, 3.8) is 0 Å². The van der Waals surface area contributed by atoms with E-state index in [2.05, 4.69) is 5.32 Å². The van der Waals surface area contributed by atoms with Crippen LogP contribution >= 0.6 is 11.8 Å². The van der Waals surface area contributed by atoms with E-state index in [9.17, 15) is 13.2 Å². The highest BCUT2D eigenvalue weighted by Gasteiger charge is 2.26. The van der Waals surface area contributed by atoms with E-state index in [0.29, 0.717) is 18.8 Å². The molecule has 128 valence electrons. The fraction of sp³-hybridized carbons (Fsp3) is 0.562. The van der Waals surface area contributed by atoms with Gasteiger partial charge in [0.25, 0.3) is 0 Å². The molecule has 1 heterocycles. The van der Waals surface area contributed by atoms with E-state index in [-0.39, 0.29) is 16.7 Å². The van der Waals surface area contributed by atoms with E-state index in [1.807, 2.05) is 20.1 Å². The van der Waals surface area contributed by atoms with E-state index >= 15 is 0 Å². The van der Waals surface area contributed by atoms with Gasteiger partial charge in [-0.1, -0.05) is 20.3 Å². The third-order valence-electron chi connectivity index (χ3n) is 3.91. The third-order valence-corrected chi connectivity index (χ3v) is 6.60. The van der Waals surface area contributed by atoms with Gasteiger partial charge >= 0.3 is 0 Å². The summed E-state index contributed by atoms with van der Waals surface area (Å²) in [6.45, 7) is 4.76. The third kappa shape index (κ3) is 4.28. The number of amides is 1. The van der Waals surface area contributed by atoms with Crippen molar-refractivity contribution in [1.82, 2.24) is 4.31 Å². The molecule has 5 nitrogen and oxygen atoms in total. The van der Waals surface area contributed by atoms with Crippen molar-refractivity contribution in [2.45, 2.75) is 42.9 Å². The summed E-state index contributed by atoms with van der Waals surface area (Å²) >= 11 is 1.48. The highest BCUT2D eigenvalue weighted by atomic mass is 32.2. The molecular weight excluding hydrogens is 332 g/mol. The average molecular weight is 357 g/mol. The van der Waals surface area contributed by atoms with Gasteiger partial charge < -0.3 is 5.32 Å². The topological polar surface area (TPSA) is 66.5 Å². The Morgan fingerprint density at radius 3 is 2.43 bits per heavy atom. The zero-order valence-corrected chi connectivity index (χ0v) is 15.5. The molecule has 0 bridgehead atoms. The molecule has 1 N–H and O–H groups in total. The first-order chi connectivity index (χ1) is 10.9. The standard InChI is InChI=1S/C16H24N2O3S2/c1-12(2)16(19)17-14-11-13(7-8-15(14)22-3)23(20,21)18-9-5-4-6-10-18/h7-8,11-12H,4-6,9-10H2,1-3H3,(H,17,19). The molecule has 0 radical (unpaired) electrons. The fourth-order valence-electron chi connectivity index (χ4n) is 2.48. The van der Waals surface area contributed by atoms with Crippen molar-refractivity contribution < 1.29 is 13.2 Å². The molecule has 0 spiro atoms.